The smallest absolute Gasteiger partial charge is 0.142 e. The number of hydrogen-bond donors (Lipinski definition) is 2. The van der Waals surface area contributed by atoms with E-state index in [0.717, 1.165) is 16.4 Å². The summed E-state index contributed by atoms with van der Waals surface area (Å²) in [5.74, 6) is 6.54. The van der Waals surface area contributed by atoms with Gasteiger partial charge in [0.15, 0.2) is 0 Å². The van der Waals surface area contributed by atoms with Gasteiger partial charge < -0.3 is 5.32 Å². The van der Waals surface area contributed by atoms with E-state index in [0.29, 0.717) is 6.67 Å². The van der Waals surface area contributed by atoms with Gasteiger partial charge in [0.1, 0.15) is 12.5 Å². The Balaban J connectivity index is 2.13. The van der Waals surface area contributed by atoms with Crippen molar-refractivity contribution in [3.05, 3.63) is 41.4 Å². The van der Waals surface area contributed by atoms with Gasteiger partial charge in [-0.05, 0) is 18.4 Å². The van der Waals surface area contributed by atoms with E-state index in [4.69, 9.17) is 5.84 Å². The highest BCUT2D eigenvalue weighted by Crippen LogP contribution is 2.19. The Labute approximate surface area is 99.2 Å². The molecule has 5 heteroatoms. The first-order chi connectivity index (χ1) is 7.79. The fourth-order valence-electron chi connectivity index (χ4n) is 1.39. The number of aliphatic imine (C=N–C) groups is 1. The molecule has 0 aliphatic carbocycles. The van der Waals surface area contributed by atoms with Gasteiger partial charge in [-0.3, -0.25) is 5.01 Å². The van der Waals surface area contributed by atoms with Crippen LogP contribution in [-0.4, -0.2) is 23.8 Å². The molecule has 4 nitrogen and oxygen atoms in total. The first-order valence-corrected chi connectivity index (χ1v) is 6.16. The van der Waals surface area contributed by atoms with E-state index < -0.39 is 0 Å². The molecule has 1 aliphatic heterocycles. The summed E-state index contributed by atoms with van der Waals surface area (Å²) < 4.78 is 0. The number of anilines is 1. The molecule has 16 heavy (non-hydrogen) atoms. The fraction of sp³-hybridized carbons (Fsp3) is 0.182. The third-order valence-corrected chi connectivity index (χ3v) is 2.90. The Morgan fingerprint density at radius 1 is 1.38 bits per heavy atom. The van der Waals surface area contributed by atoms with Gasteiger partial charge in [-0.25, -0.2) is 10.8 Å². The molecule has 1 aliphatic rings. The summed E-state index contributed by atoms with van der Waals surface area (Å²) >= 11 is 1.62. The summed E-state index contributed by atoms with van der Waals surface area (Å²) in [6.07, 6.45) is 3.90. The van der Waals surface area contributed by atoms with E-state index in [2.05, 4.69) is 10.3 Å². The van der Waals surface area contributed by atoms with Crippen LogP contribution in [0.1, 0.15) is 0 Å². The van der Waals surface area contributed by atoms with Gasteiger partial charge in [-0.1, -0.05) is 18.2 Å². The van der Waals surface area contributed by atoms with Crippen molar-refractivity contribution >= 4 is 23.3 Å². The molecule has 0 atom stereocenters. The van der Waals surface area contributed by atoms with Gasteiger partial charge in [-0.2, -0.15) is 0 Å². The summed E-state index contributed by atoms with van der Waals surface area (Å²) in [4.78, 5) is 5.41. The number of nitrogens with zero attached hydrogens (tertiary/aromatic N) is 2. The quantitative estimate of drug-likeness (QED) is 0.767. The van der Waals surface area contributed by atoms with Gasteiger partial charge in [0.05, 0.1) is 4.91 Å². The highest BCUT2D eigenvalue weighted by molar-refractivity contribution is 8.03. The van der Waals surface area contributed by atoms with E-state index >= 15 is 0 Å². The molecule has 0 saturated carbocycles. The van der Waals surface area contributed by atoms with Crippen molar-refractivity contribution in [1.82, 2.24) is 5.01 Å². The average molecular weight is 234 g/mol. The highest BCUT2D eigenvalue weighted by atomic mass is 32.2. The van der Waals surface area contributed by atoms with Crippen molar-refractivity contribution in [3.63, 3.8) is 0 Å². The van der Waals surface area contributed by atoms with Crippen molar-refractivity contribution in [2.24, 2.45) is 10.8 Å². The maximum atomic E-state index is 5.67. The van der Waals surface area contributed by atoms with Crippen LogP contribution in [0.2, 0.25) is 0 Å². The molecule has 2 rings (SSSR count). The van der Waals surface area contributed by atoms with Gasteiger partial charge in [0.25, 0.3) is 0 Å². The third kappa shape index (κ3) is 2.56. The van der Waals surface area contributed by atoms with Crippen LogP contribution in [0.15, 0.2) is 46.4 Å². The van der Waals surface area contributed by atoms with E-state index in [1.165, 1.54) is 0 Å². The van der Waals surface area contributed by atoms with Crippen molar-refractivity contribution in [3.8, 4) is 0 Å². The average Bonchev–Trinajstić information content (AvgIpc) is 2.33. The number of rotatable bonds is 2. The van der Waals surface area contributed by atoms with Crippen molar-refractivity contribution in [1.29, 1.82) is 0 Å². The second-order valence-electron chi connectivity index (χ2n) is 3.35. The summed E-state index contributed by atoms with van der Waals surface area (Å²) in [6.45, 7) is 0.485. The summed E-state index contributed by atoms with van der Waals surface area (Å²) in [6, 6.07) is 9.98. The highest BCUT2D eigenvalue weighted by Gasteiger charge is 2.12. The minimum absolute atomic E-state index is 0.485. The van der Waals surface area contributed by atoms with Crippen molar-refractivity contribution in [2.45, 2.75) is 0 Å². The minimum atomic E-state index is 0.485. The lowest BCUT2D eigenvalue weighted by atomic mass is 10.3. The van der Waals surface area contributed by atoms with E-state index in [-0.39, 0.29) is 0 Å². The molecule has 0 fully saturated rings. The Morgan fingerprint density at radius 2 is 2.12 bits per heavy atom. The number of benzene rings is 1. The van der Waals surface area contributed by atoms with Crippen LogP contribution in [0.5, 0.6) is 0 Å². The van der Waals surface area contributed by atoms with E-state index in [1.54, 1.807) is 16.8 Å². The van der Waals surface area contributed by atoms with Crippen LogP contribution in [0.25, 0.3) is 0 Å². The number of amidine groups is 1. The molecule has 0 bridgehead atoms. The maximum Gasteiger partial charge on any atom is 0.142 e. The van der Waals surface area contributed by atoms with Gasteiger partial charge >= 0.3 is 0 Å². The van der Waals surface area contributed by atoms with E-state index in [1.807, 2.05) is 42.8 Å². The topological polar surface area (TPSA) is 53.6 Å². The molecule has 0 radical (unpaired) electrons. The lowest BCUT2D eigenvalue weighted by molar-refractivity contribution is 0.403. The number of thioether (sulfide) groups is 1. The summed E-state index contributed by atoms with van der Waals surface area (Å²) in [7, 11) is 0. The number of nitrogens with two attached hydrogens (primary N) is 1. The number of hydrogen-bond acceptors (Lipinski definition) is 5. The first kappa shape index (κ1) is 11.0. The summed E-state index contributed by atoms with van der Waals surface area (Å²) in [5.41, 5.74) is 1.03. The first-order valence-electron chi connectivity index (χ1n) is 4.93. The predicted molar refractivity (Wildman–Crippen MR) is 70.0 cm³/mol. The molecule has 1 heterocycles. The molecule has 84 valence electrons. The van der Waals surface area contributed by atoms with Gasteiger partial charge in [0, 0.05) is 11.9 Å². The van der Waals surface area contributed by atoms with E-state index in [9.17, 15) is 0 Å². The maximum absolute atomic E-state index is 5.67. The monoisotopic (exact) mass is 234 g/mol. The normalized spacial score (nSPS) is 15.5. The molecule has 0 unspecified atom stereocenters. The van der Waals surface area contributed by atoms with Crippen LogP contribution in [0, 0.1) is 0 Å². The lowest BCUT2D eigenvalue weighted by Gasteiger charge is -2.21. The van der Waals surface area contributed by atoms with Crippen LogP contribution in [-0.2, 0) is 0 Å². The SMILES string of the molecule is CSC1=CN(N)CN=C1Nc1ccccc1. The molecular weight excluding hydrogens is 220 g/mol. The molecule has 1 aromatic carbocycles. The number of para-hydroxylation sites is 1. The molecule has 0 spiro atoms. The molecule has 0 saturated heterocycles. The lowest BCUT2D eigenvalue weighted by Crippen LogP contribution is -2.32. The molecule has 0 aromatic heterocycles. The Morgan fingerprint density at radius 3 is 2.81 bits per heavy atom. The van der Waals surface area contributed by atoms with Crippen LogP contribution in [0.4, 0.5) is 5.69 Å². The zero-order valence-electron chi connectivity index (χ0n) is 9.05. The second-order valence-corrected chi connectivity index (χ2v) is 4.20. The minimum Gasteiger partial charge on any atom is -0.339 e. The zero-order valence-corrected chi connectivity index (χ0v) is 9.87. The molecule has 0 amide bonds. The predicted octanol–water partition coefficient (Wildman–Crippen LogP) is 1.85. The molecule has 3 N–H and O–H groups in total. The second kappa shape index (κ2) is 5.05. The molecular formula is C11H14N4S. The van der Waals surface area contributed by atoms with Gasteiger partial charge in [0.2, 0.25) is 0 Å². The molecule has 1 aromatic rings. The Kier molecular flexibility index (Phi) is 3.48. The Hall–Kier alpha value is -1.46. The Bertz CT molecular complexity index is 413. The number of nitrogens with one attached hydrogen (secondary N) is 1. The van der Waals surface area contributed by atoms with Crippen molar-refractivity contribution in [2.75, 3.05) is 18.2 Å². The fourth-order valence-corrected chi connectivity index (χ4v) is 1.94. The van der Waals surface area contributed by atoms with Crippen LogP contribution < -0.4 is 11.2 Å². The zero-order chi connectivity index (χ0) is 11.4. The van der Waals surface area contributed by atoms with Crippen molar-refractivity contribution < 1.29 is 0 Å². The number of hydrazine groups is 1. The largest absolute Gasteiger partial charge is 0.339 e. The van der Waals surface area contributed by atoms with Crippen LogP contribution >= 0.6 is 11.8 Å². The van der Waals surface area contributed by atoms with Gasteiger partial charge in [-0.15, -0.1) is 11.8 Å². The standard InChI is InChI=1S/C11H14N4S/c1-16-10-7-15(12)8-13-11(10)14-9-5-3-2-4-6-9/h2-7H,8,12H2,1H3,(H,13,14). The summed E-state index contributed by atoms with van der Waals surface area (Å²) in [5, 5.41) is 4.85. The third-order valence-electron chi connectivity index (χ3n) is 2.17. The van der Waals surface area contributed by atoms with Crippen LogP contribution in [0.3, 0.4) is 0 Å².